The highest BCUT2D eigenvalue weighted by atomic mass is 79.9. The molecule has 0 saturated carbocycles. The molecule has 0 unspecified atom stereocenters. The van der Waals surface area contributed by atoms with E-state index in [0.717, 1.165) is 28.0 Å². The first-order valence-corrected chi connectivity index (χ1v) is 6.24. The third-order valence-corrected chi connectivity index (χ3v) is 3.53. The molecule has 2 aromatic rings. The van der Waals surface area contributed by atoms with E-state index in [1.165, 1.54) is 0 Å². The van der Waals surface area contributed by atoms with Crippen LogP contribution in [0.1, 0.15) is 24.0 Å². The van der Waals surface area contributed by atoms with Crippen LogP contribution < -0.4 is 5.73 Å². The number of nitrogens with two attached hydrogens (primary N) is 1. The van der Waals surface area contributed by atoms with Gasteiger partial charge in [-0.2, -0.15) is 5.10 Å². The fraction of sp³-hybridized carbons (Fsp3) is 0.500. The summed E-state index contributed by atoms with van der Waals surface area (Å²) in [6.45, 7) is 3.13. The summed E-state index contributed by atoms with van der Waals surface area (Å²) in [5.41, 5.74) is 8.43. The van der Waals surface area contributed by atoms with Gasteiger partial charge in [-0.15, -0.1) is 5.10 Å². The average Bonchev–Trinajstić information content (AvgIpc) is 2.88. The van der Waals surface area contributed by atoms with E-state index < -0.39 is 0 Å². The first kappa shape index (κ1) is 12.3. The molecule has 2 heterocycles. The first-order chi connectivity index (χ1) is 8.15. The lowest BCUT2D eigenvalue weighted by atomic mass is 10.3. The summed E-state index contributed by atoms with van der Waals surface area (Å²) in [5.74, 6) is 0. The van der Waals surface area contributed by atoms with Crippen LogP contribution in [0.5, 0.6) is 0 Å². The number of halogens is 1. The Hall–Kier alpha value is -1.21. The van der Waals surface area contributed by atoms with E-state index in [0.29, 0.717) is 13.1 Å². The number of hydrogen-bond donors (Lipinski definition) is 1. The van der Waals surface area contributed by atoms with E-state index in [9.17, 15) is 0 Å². The lowest BCUT2D eigenvalue weighted by Crippen LogP contribution is -2.06. The van der Waals surface area contributed by atoms with E-state index in [4.69, 9.17) is 5.73 Å². The molecule has 0 saturated heterocycles. The van der Waals surface area contributed by atoms with Gasteiger partial charge in [-0.1, -0.05) is 12.1 Å². The zero-order valence-electron chi connectivity index (χ0n) is 9.89. The van der Waals surface area contributed by atoms with Crippen molar-refractivity contribution in [1.29, 1.82) is 0 Å². The van der Waals surface area contributed by atoms with Crippen LogP contribution in [0.2, 0.25) is 0 Å². The van der Waals surface area contributed by atoms with Crippen LogP contribution in [-0.2, 0) is 26.6 Å². The fourth-order valence-corrected chi connectivity index (χ4v) is 2.40. The summed E-state index contributed by atoms with van der Waals surface area (Å²) in [7, 11) is 1.93. The van der Waals surface area contributed by atoms with Gasteiger partial charge >= 0.3 is 0 Å². The van der Waals surface area contributed by atoms with Crippen molar-refractivity contribution in [1.82, 2.24) is 24.8 Å². The Labute approximate surface area is 108 Å². The highest BCUT2D eigenvalue weighted by Crippen LogP contribution is 2.22. The normalized spacial score (nSPS) is 11.1. The largest absolute Gasteiger partial charge is 0.325 e. The van der Waals surface area contributed by atoms with Crippen molar-refractivity contribution in [2.45, 2.75) is 26.4 Å². The van der Waals surface area contributed by atoms with Crippen LogP contribution in [-0.4, -0.2) is 24.8 Å². The lowest BCUT2D eigenvalue weighted by molar-refractivity contribution is 0.597. The second-order valence-corrected chi connectivity index (χ2v) is 4.59. The van der Waals surface area contributed by atoms with Crippen molar-refractivity contribution in [3.8, 4) is 0 Å². The molecule has 0 fully saturated rings. The van der Waals surface area contributed by atoms with Crippen LogP contribution in [0, 0.1) is 0 Å². The molecule has 17 heavy (non-hydrogen) atoms. The van der Waals surface area contributed by atoms with E-state index in [1.807, 2.05) is 17.9 Å². The summed E-state index contributed by atoms with van der Waals surface area (Å²) in [6, 6.07) is 0. The predicted octanol–water partition coefficient (Wildman–Crippen LogP) is 0.843. The van der Waals surface area contributed by atoms with Crippen LogP contribution in [0.15, 0.2) is 10.7 Å². The Morgan fingerprint density at radius 2 is 2.24 bits per heavy atom. The molecule has 0 aliphatic rings. The maximum Gasteiger partial charge on any atom is 0.0962 e. The van der Waals surface area contributed by atoms with Gasteiger partial charge in [0.2, 0.25) is 0 Å². The van der Waals surface area contributed by atoms with Crippen molar-refractivity contribution < 1.29 is 0 Å². The van der Waals surface area contributed by atoms with E-state index in [1.54, 1.807) is 4.68 Å². The van der Waals surface area contributed by atoms with Gasteiger partial charge in [0.1, 0.15) is 0 Å². The maximum atomic E-state index is 5.50. The van der Waals surface area contributed by atoms with Gasteiger partial charge in [-0.3, -0.25) is 4.68 Å². The molecule has 6 nitrogen and oxygen atoms in total. The molecule has 0 aromatic carbocycles. The van der Waals surface area contributed by atoms with Crippen molar-refractivity contribution in [3.63, 3.8) is 0 Å². The predicted molar refractivity (Wildman–Crippen MR) is 67.3 cm³/mol. The van der Waals surface area contributed by atoms with Crippen LogP contribution in [0.25, 0.3) is 0 Å². The Bertz CT molecular complexity index is 515. The lowest BCUT2D eigenvalue weighted by Gasteiger charge is -2.02. The molecule has 0 atom stereocenters. The van der Waals surface area contributed by atoms with Crippen LogP contribution >= 0.6 is 15.9 Å². The van der Waals surface area contributed by atoms with Gasteiger partial charge in [0.15, 0.2) is 0 Å². The summed E-state index contributed by atoms with van der Waals surface area (Å²) in [4.78, 5) is 0. The SMILES string of the molecule is CCc1nn(C)c(Cn2cc(CN)nn2)c1Br. The van der Waals surface area contributed by atoms with Crippen molar-refractivity contribution >= 4 is 15.9 Å². The van der Waals surface area contributed by atoms with Crippen LogP contribution in [0.3, 0.4) is 0 Å². The molecule has 92 valence electrons. The van der Waals surface area contributed by atoms with Crippen molar-refractivity contribution in [2.24, 2.45) is 12.8 Å². The molecule has 0 spiro atoms. The number of rotatable bonds is 4. The topological polar surface area (TPSA) is 74.5 Å². The standard InChI is InChI=1S/C10H15BrN6/c1-3-8-10(11)9(16(2)14-8)6-17-5-7(4-12)13-15-17/h5H,3-4,6,12H2,1-2H3. The molecule has 0 bridgehead atoms. The molecule has 2 rings (SSSR count). The Kier molecular flexibility index (Phi) is 3.58. The van der Waals surface area contributed by atoms with E-state index in [2.05, 4.69) is 38.3 Å². The Morgan fingerprint density at radius 3 is 2.76 bits per heavy atom. The number of aryl methyl sites for hydroxylation is 2. The molecule has 0 radical (unpaired) electrons. The smallest absolute Gasteiger partial charge is 0.0962 e. The highest BCUT2D eigenvalue weighted by molar-refractivity contribution is 9.10. The minimum absolute atomic E-state index is 0.409. The van der Waals surface area contributed by atoms with Gasteiger partial charge in [-0.05, 0) is 22.4 Å². The fourth-order valence-electron chi connectivity index (χ4n) is 1.65. The first-order valence-electron chi connectivity index (χ1n) is 5.45. The van der Waals surface area contributed by atoms with E-state index in [-0.39, 0.29) is 0 Å². The molecule has 2 N–H and O–H groups in total. The van der Waals surface area contributed by atoms with Crippen LogP contribution in [0.4, 0.5) is 0 Å². The summed E-state index contributed by atoms with van der Waals surface area (Å²) < 4.78 is 4.68. The zero-order chi connectivity index (χ0) is 12.4. The number of nitrogens with zero attached hydrogens (tertiary/aromatic N) is 5. The van der Waals surface area contributed by atoms with Crippen molar-refractivity contribution in [3.05, 3.63) is 27.8 Å². The summed E-state index contributed by atoms with van der Waals surface area (Å²) in [6.07, 6.45) is 2.75. The van der Waals surface area contributed by atoms with Gasteiger partial charge < -0.3 is 5.73 Å². The number of aromatic nitrogens is 5. The minimum Gasteiger partial charge on any atom is -0.325 e. The second-order valence-electron chi connectivity index (χ2n) is 3.80. The third kappa shape index (κ3) is 2.39. The van der Waals surface area contributed by atoms with E-state index >= 15 is 0 Å². The third-order valence-electron chi connectivity index (χ3n) is 2.61. The van der Waals surface area contributed by atoms with Gasteiger partial charge in [-0.25, -0.2) is 4.68 Å². The van der Waals surface area contributed by atoms with Gasteiger partial charge in [0.05, 0.1) is 34.3 Å². The summed E-state index contributed by atoms with van der Waals surface area (Å²) in [5, 5.41) is 12.4. The number of hydrogen-bond acceptors (Lipinski definition) is 4. The quantitative estimate of drug-likeness (QED) is 0.908. The van der Waals surface area contributed by atoms with Gasteiger partial charge in [0.25, 0.3) is 0 Å². The molecular formula is C10H15BrN6. The monoisotopic (exact) mass is 298 g/mol. The van der Waals surface area contributed by atoms with Crippen molar-refractivity contribution in [2.75, 3.05) is 0 Å². The molecule has 2 aromatic heterocycles. The molecular weight excluding hydrogens is 284 g/mol. The highest BCUT2D eigenvalue weighted by Gasteiger charge is 2.13. The summed E-state index contributed by atoms with van der Waals surface area (Å²) >= 11 is 3.57. The maximum absolute atomic E-state index is 5.50. The Morgan fingerprint density at radius 1 is 1.47 bits per heavy atom. The Balaban J connectivity index is 2.26. The average molecular weight is 299 g/mol. The second kappa shape index (κ2) is 4.97. The molecule has 0 amide bonds. The van der Waals surface area contributed by atoms with Gasteiger partial charge in [0, 0.05) is 13.6 Å². The molecule has 0 aliphatic heterocycles. The minimum atomic E-state index is 0.409. The molecule has 0 aliphatic carbocycles. The zero-order valence-corrected chi connectivity index (χ0v) is 11.5. The molecule has 7 heteroatoms.